The van der Waals surface area contributed by atoms with Crippen LogP contribution in [0.25, 0.3) is 28.0 Å². The zero-order chi connectivity index (χ0) is 24.2. The minimum Gasteiger partial charge on any atom is -0.497 e. The van der Waals surface area contributed by atoms with Crippen LogP contribution in [0.15, 0.2) is 96.3 Å². The number of hydrogen-bond donors (Lipinski definition) is 1. The number of fused-ring (bicyclic) bond motifs is 1. The predicted octanol–water partition coefficient (Wildman–Crippen LogP) is 4.29. The van der Waals surface area contributed by atoms with E-state index in [1.165, 1.54) is 10.9 Å². The fourth-order valence-electron chi connectivity index (χ4n) is 3.97. The molecule has 0 atom stereocenters. The first-order valence-corrected chi connectivity index (χ1v) is 11.1. The number of nitrogens with zero attached hydrogens (tertiary/aromatic N) is 4. The van der Waals surface area contributed by atoms with Crippen LogP contribution in [0.5, 0.6) is 5.75 Å². The molecule has 0 aliphatic heterocycles. The SMILES string of the molecule is COc1ccc(NC(=O)CCn2cnc3c(cc(-c4ccccc4)n3-c3ccncc3)c2=O)cc1. The molecule has 0 unspecified atom stereocenters. The van der Waals surface area contributed by atoms with Gasteiger partial charge in [-0.2, -0.15) is 0 Å². The van der Waals surface area contributed by atoms with E-state index >= 15 is 0 Å². The number of anilines is 1. The molecule has 0 spiro atoms. The number of aryl methyl sites for hydroxylation is 1. The molecule has 0 saturated carbocycles. The molecule has 0 aliphatic rings. The Morgan fingerprint density at radius 3 is 2.46 bits per heavy atom. The molecule has 35 heavy (non-hydrogen) atoms. The van der Waals surface area contributed by atoms with Crippen molar-refractivity contribution in [1.29, 1.82) is 0 Å². The zero-order valence-electron chi connectivity index (χ0n) is 19.1. The Bertz CT molecular complexity index is 1520. The van der Waals surface area contributed by atoms with Crippen LogP contribution in [0.4, 0.5) is 5.69 Å². The molecule has 0 aliphatic carbocycles. The Morgan fingerprint density at radius 1 is 1.00 bits per heavy atom. The highest BCUT2D eigenvalue weighted by atomic mass is 16.5. The predicted molar refractivity (Wildman–Crippen MR) is 135 cm³/mol. The molecule has 174 valence electrons. The smallest absolute Gasteiger partial charge is 0.262 e. The maximum atomic E-state index is 13.3. The van der Waals surface area contributed by atoms with Crippen LogP contribution in [-0.4, -0.2) is 32.1 Å². The fourth-order valence-corrected chi connectivity index (χ4v) is 3.97. The van der Waals surface area contributed by atoms with Gasteiger partial charge in [0, 0.05) is 31.0 Å². The van der Waals surface area contributed by atoms with Crippen molar-refractivity contribution >= 4 is 22.6 Å². The van der Waals surface area contributed by atoms with Gasteiger partial charge in [-0.25, -0.2) is 4.98 Å². The van der Waals surface area contributed by atoms with Gasteiger partial charge >= 0.3 is 0 Å². The first kappa shape index (κ1) is 22.1. The van der Waals surface area contributed by atoms with E-state index in [1.807, 2.05) is 53.1 Å². The van der Waals surface area contributed by atoms with Gasteiger partial charge in [0.25, 0.3) is 5.56 Å². The van der Waals surface area contributed by atoms with Crippen LogP contribution in [0.3, 0.4) is 0 Å². The monoisotopic (exact) mass is 465 g/mol. The van der Waals surface area contributed by atoms with Crippen molar-refractivity contribution in [2.24, 2.45) is 0 Å². The second-order valence-electron chi connectivity index (χ2n) is 7.94. The summed E-state index contributed by atoms with van der Waals surface area (Å²) in [7, 11) is 1.59. The topological polar surface area (TPSA) is 91.0 Å². The number of rotatable bonds is 7. The standard InChI is InChI=1S/C27H23N5O3/c1-35-22-9-7-20(8-10-22)30-25(33)13-16-31-18-29-26-23(27(31)34)17-24(19-5-3-2-4-6-19)32(26)21-11-14-28-15-12-21/h2-12,14-15,17-18H,13,16H2,1H3,(H,30,33). The second-order valence-corrected chi connectivity index (χ2v) is 7.94. The Hall–Kier alpha value is -4.72. The molecule has 0 fully saturated rings. The summed E-state index contributed by atoms with van der Waals surface area (Å²) >= 11 is 0. The van der Waals surface area contributed by atoms with E-state index in [1.54, 1.807) is 43.8 Å². The third-order valence-corrected chi connectivity index (χ3v) is 5.73. The molecular formula is C27H23N5O3. The molecule has 1 amide bonds. The van der Waals surface area contributed by atoms with Gasteiger partial charge in [-0.05, 0) is 48.0 Å². The second kappa shape index (κ2) is 9.64. The molecule has 5 aromatic rings. The van der Waals surface area contributed by atoms with E-state index in [4.69, 9.17) is 4.74 Å². The summed E-state index contributed by atoms with van der Waals surface area (Å²) in [6.45, 7) is 0.213. The lowest BCUT2D eigenvalue weighted by Gasteiger charge is -2.11. The zero-order valence-corrected chi connectivity index (χ0v) is 19.1. The van der Waals surface area contributed by atoms with Crippen molar-refractivity contribution in [3.05, 3.63) is 102 Å². The van der Waals surface area contributed by atoms with Gasteiger partial charge in [0.2, 0.25) is 5.91 Å². The third kappa shape index (κ3) is 4.54. The van der Waals surface area contributed by atoms with Gasteiger partial charge in [-0.15, -0.1) is 0 Å². The van der Waals surface area contributed by atoms with E-state index < -0.39 is 0 Å². The van der Waals surface area contributed by atoms with E-state index in [0.29, 0.717) is 22.5 Å². The van der Waals surface area contributed by atoms with Gasteiger partial charge in [0.1, 0.15) is 5.75 Å². The van der Waals surface area contributed by atoms with Crippen molar-refractivity contribution in [2.75, 3.05) is 12.4 Å². The van der Waals surface area contributed by atoms with Crippen LogP contribution in [0.2, 0.25) is 0 Å². The molecular weight excluding hydrogens is 442 g/mol. The lowest BCUT2D eigenvalue weighted by atomic mass is 10.1. The van der Waals surface area contributed by atoms with Crippen molar-refractivity contribution in [3.63, 3.8) is 0 Å². The quantitative estimate of drug-likeness (QED) is 0.387. The fraction of sp³-hybridized carbons (Fsp3) is 0.111. The van der Waals surface area contributed by atoms with Gasteiger partial charge in [-0.3, -0.25) is 23.7 Å². The number of carbonyl (C=O) groups is 1. The van der Waals surface area contributed by atoms with E-state index in [-0.39, 0.29) is 24.4 Å². The summed E-state index contributed by atoms with van der Waals surface area (Å²) in [6, 6.07) is 22.5. The molecule has 3 heterocycles. The van der Waals surface area contributed by atoms with Crippen molar-refractivity contribution in [1.82, 2.24) is 19.1 Å². The molecule has 8 heteroatoms. The molecule has 8 nitrogen and oxygen atoms in total. The number of amides is 1. The Balaban J connectivity index is 1.44. The Morgan fingerprint density at radius 2 is 1.74 bits per heavy atom. The molecule has 5 rings (SSSR count). The Labute approximate surface area is 201 Å². The number of methoxy groups -OCH3 is 1. The minimum absolute atomic E-state index is 0.135. The summed E-state index contributed by atoms with van der Waals surface area (Å²) in [5.74, 6) is 0.518. The van der Waals surface area contributed by atoms with Gasteiger partial charge < -0.3 is 10.1 Å². The van der Waals surface area contributed by atoms with Crippen LogP contribution in [0, 0.1) is 0 Å². The molecule has 0 radical (unpaired) electrons. The van der Waals surface area contributed by atoms with Crippen molar-refractivity contribution in [3.8, 4) is 22.7 Å². The van der Waals surface area contributed by atoms with Crippen molar-refractivity contribution < 1.29 is 9.53 Å². The van der Waals surface area contributed by atoms with Crippen LogP contribution < -0.4 is 15.6 Å². The maximum Gasteiger partial charge on any atom is 0.262 e. The first-order valence-electron chi connectivity index (χ1n) is 11.1. The molecule has 1 N–H and O–H groups in total. The number of nitrogens with one attached hydrogen (secondary N) is 1. The van der Waals surface area contributed by atoms with Gasteiger partial charge in [-0.1, -0.05) is 30.3 Å². The molecule has 3 aromatic heterocycles. The lowest BCUT2D eigenvalue weighted by molar-refractivity contribution is -0.116. The first-order chi connectivity index (χ1) is 17.1. The average molecular weight is 466 g/mol. The van der Waals surface area contributed by atoms with E-state index in [9.17, 15) is 9.59 Å². The largest absolute Gasteiger partial charge is 0.497 e. The highest BCUT2D eigenvalue weighted by Crippen LogP contribution is 2.29. The minimum atomic E-state index is -0.197. The summed E-state index contributed by atoms with van der Waals surface area (Å²) in [5.41, 5.74) is 3.70. The average Bonchev–Trinajstić information content (AvgIpc) is 3.30. The summed E-state index contributed by atoms with van der Waals surface area (Å²) < 4.78 is 8.56. The van der Waals surface area contributed by atoms with Crippen LogP contribution >= 0.6 is 0 Å². The number of pyridine rings is 1. The number of ether oxygens (including phenoxy) is 1. The van der Waals surface area contributed by atoms with Gasteiger partial charge in [0.05, 0.1) is 30.2 Å². The highest BCUT2D eigenvalue weighted by Gasteiger charge is 2.17. The number of hydrogen-bond acceptors (Lipinski definition) is 5. The summed E-state index contributed by atoms with van der Waals surface area (Å²) in [6.07, 6.45) is 5.05. The maximum absolute atomic E-state index is 13.3. The highest BCUT2D eigenvalue weighted by molar-refractivity contribution is 5.90. The summed E-state index contributed by atoms with van der Waals surface area (Å²) in [5, 5.41) is 3.32. The van der Waals surface area contributed by atoms with E-state index in [0.717, 1.165) is 16.9 Å². The molecule has 0 bridgehead atoms. The number of carbonyl (C=O) groups excluding carboxylic acids is 1. The lowest BCUT2D eigenvalue weighted by Crippen LogP contribution is -2.23. The Kier molecular flexibility index (Phi) is 6.09. The summed E-state index contributed by atoms with van der Waals surface area (Å²) in [4.78, 5) is 34.5. The molecule has 0 saturated heterocycles. The normalized spacial score (nSPS) is 10.9. The molecule has 2 aromatic carbocycles. The van der Waals surface area contributed by atoms with E-state index in [2.05, 4.69) is 15.3 Å². The third-order valence-electron chi connectivity index (χ3n) is 5.73. The van der Waals surface area contributed by atoms with Crippen molar-refractivity contribution in [2.45, 2.75) is 13.0 Å². The number of aromatic nitrogens is 4. The number of benzene rings is 2. The van der Waals surface area contributed by atoms with Crippen LogP contribution in [0.1, 0.15) is 6.42 Å². The van der Waals surface area contributed by atoms with Gasteiger partial charge in [0.15, 0.2) is 5.65 Å². The van der Waals surface area contributed by atoms with Crippen LogP contribution in [-0.2, 0) is 11.3 Å².